The van der Waals surface area contributed by atoms with E-state index in [1.165, 1.54) is 7.11 Å². The van der Waals surface area contributed by atoms with Gasteiger partial charge < -0.3 is 0 Å². The number of cyclic esters (lactones) is 1. The molecule has 4 atom stereocenters. The molecule has 0 aliphatic carbocycles. The van der Waals surface area contributed by atoms with E-state index in [9.17, 15) is 14.4 Å². The van der Waals surface area contributed by atoms with Gasteiger partial charge in [0.15, 0.2) is 0 Å². The summed E-state index contributed by atoms with van der Waals surface area (Å²) in [7, 11) is 1.38. The molecule has 3 saturated heterocycles. The molecule has 1 aromatic carbocycles. The van der Waals surface area contributed by atoms with Gasteiger partial charge in [0.25, 0.3) is 0 Å². The predicted octanol–water partition coefficient (Wildman–Crippen LogP) is 1.98. The zero-order valence-corrected chi connectivity index (χ0v) is 23.3. The minimum absolute atomic E-state index is 0.0441. The second-order valence-electron chi connectivity index (χ2n) is 9.36. The maximum atomic E-state index is 12.9. The Kier molecular flexibility index (Phi) is 7.62. The Bertz CT molecular complexity index is 882. The molecule has 177 valence electrons. The van der Waals surface area contributed by atoms with Crippen molar-refractivity contribution in [3.8, 4) is 0 Å². The van der Waals surface area contributed by atoms with E-state index in [1.807, 2.05) is 42.2 Å². The number of rotatable bonds is 5. The van der Waals surface area contributed by atoms with E-state index in [2.05, 4.69) is 4.90 Å². The zero-order chi connectivity index (χ0) is 23.6. The molecule has 8 nitrogen and oxygen atoms in total. The van der Waals surface area contributed by atoms with Gasteiger partial charge in [0.05, 0.1) is 0 Å². The van der Waals surface area contributed by atoms with Gasteiger partial charge in [-0.1, -0.05) is 18.2 Å². The quantitative estimate of drug-likeness (QED) is 0.359. The van der Waals surface area contributed by atoms with Crippen LogP contribution in [0, 0.1) is 0 Å². The van der Waals surface area contributed by atoms with Crippen LogP contribution in [0.3, 0.4) is 0 Å². The van der Waals surface area contributed by atoms with Gasteiger partial charge in [0.2, 0.25) is 0 Å². The zero-order valence-electron chi connectivity index (χ0n) is 19.4. The van der Waals surface area contributed by atoms with E-state index in [0.29, 0.717) is 26.1 Å². The molecule has 1 spiro atoms. The van der Waals surface area contributed by atoms with Crippen LogP contribution in [0.1, 0.15) is 38.2 Å². The van der Waals surface area contributed by atoms with Crippen LogP contribution in [0.15, 0.2) is 30.3 Å². The molecule has 3 heterocycles. The third-order valence-electron chi connectivity index (χ3n) is 7.33. The molecular formula is C24H32N3O5Pb. The van der Waals surface area contributed by atoms with Crippen LogP contribution in [0.5, 0.6) is 0 Å². The first-order valence-electron chi connectivity index (χ1n) is 11.7. The van der Waals surface area contributed by atoms with E-state index in [-0.39, 0.29) is 33.0 Å². The van der Waals surface area contributed by atoms with Gasteiger partial charge in [-0.15, -0.1) is 0 Å². The summed E-state index contributed by atoms with van der Waals surface area (Å²) in [6.45, 7) is 5.06. The molecule has 0 aromatic heterocycles. The van der Waals surface area contributed by atoms with Crippen LogP contribution >= 0.6 is 0 Å². The molecule has 33 heavy (non-hydrogen) atoms. The predicted molar refractivity (Wildman–Crippen MR) is 123 cm³/mol. The first-order chi connectivity index (χ1) is 15.8. The second-order valence-corrected chi connectivity index (χ2v) is 12.7. The fraction of sp³-hybridized carbons (Fsp3) is 0.625. The molecule has 0 N–H and O–H groups in total. The normalized spacial score (nSPS) is 29.1. The number of benzene rings is 1. The minimum atomic E-state index is -0.494. The van der Waals surface area contributed by atoms with Crippen LogP contribution in [-0.2, 0) is 25.6 Å². The fourth-order valence-corrected chi connectivity index (χ4v) is 6.12. The third-order valence-corrected chi connectivity index (χ3v) is 8.29. The number of carbonyl (C=O) groups excluding carboxylic acids is 3. The van der Waals surface area contributed by atoms with Crippen molar-refractivity contribution in [3.63, 3.8) is 0 Å². The molecule has 4 unspecified atom stereocenters. The van der Waals surface area contributed by atoms with Crippen molar-refractivity contribution in [2.24, 2.45) is 0 Å². The van der Waals surface area contributed by atoms with E-state index >= 15 is 0 Å². The summed E-state index contributed by atoms with van der Waals surface area (Å²) in [4.78, 5) is 44.2. The SMILES string of the molecule is COC(=O)C1CCC(N2CCC3(CCOC(=O)N3Cc3ccccc3)C2)CN1C(=O)[CH](C)[Pb]. The van der Waals surface area contributed by atoms with E-state index in [4.69, 9.17) is 9.47 Å². The number of esters is 1. The number of likely N-dealkylation sites (tertiary alicyclic amines) is 2. The Balaban J connectivity index is 1.50. The van der Waals surface area contributed by atoms with Crippen molar-refractivity contribution in [1.29, 1.82) is 0 Å². The summed E-state index contributed by atoms with van der Waals surface area (Å²) >= 11 is 0.747. The van der Waals surface area contributed by atoms with Crippen LogP contribution in [-0.4, -0.2) is 109 Å². The van der Waals surface area contributed by atoms with E-state index in [0.717, 1.165) is 63.7 Å². The summed E-state index contributed by atoms with van der Waals surface area (Å²) < 4.78 is 10.4. The molecule has 3 aliphatic heterocycles. The van der Waals surface area contributed by atoms with Gasteiger partial charge in [0.1, 0.15) is 0 Å². The monoisotopic (exact) mass is 650 g/mol. The molecule has 0 bridgehead atoms. The summed E-state index contributed by atoms with van der Waals surface area (Å²) in [5.41, 5.74) is 0.829. The number of ether oxygens (including phenoxy) is 2. The molecule has 9 heteroatoms. The first kappa shape index (κ1) is 24.4. The van der Waals surface area contributed by atoms with Crippen molar-refractivity contribution in [2.75, 3.05) is 33.4 Å². The Morgan fingerprint density at radius 2 is 2.00 bits per heavy atom. The summed E-state index contributed by atoms with van der Waals surface area (Å²) in [6, 6.07) is 9.70. The third kappa shape index (κ3) is 5.06. The number of nitrogens with zero attached hydrogens (tertiary/aromatic N) is 3. The van der Waals surface area contributed by atoms with E-state index in [1.54, 1.807) is 4.90 Å². The second kappa shape index (κ2) is 10.3. The maximum absolute atomic E-state index is 12.9. The van der Waals surface area contributed by atoms with Crippen molar-refractivity contribution in [3.05, 3.63) is 35.9 Å². The van der Waals surface area contributed by atoms with Gasteiger partial charge in [-0.05, 0) is 0 Å². The van der Waals surface area contributed by atoms with Gasteiger partial charge in [-0.2, -0.15) is 0 Å². The Morgan fingerprint density at radius 3 is 2.70 bits per heavy atom. The van der Waals surface area contributed by atoms with Crippen LogP contribution in [0.25, 0.3) is 0 Å². The average Bonchev–Trinajstić information content (AvgIpc) is 3.25. The Morgan fingerprint density at radius 1 is 1.24 bits per heavy atom. The molecular weight excluding hydrogens is 617 g/mol. The van der Waals surface area contributed by atoms with Crippen molar-refractivity contribution >= 4 is 43.7 Å². The fourth-order valence-electron chi connectivity index (χ4n) is 5.48. The van der Waals surface area contributed by atoms with Gasteiger partial charge in [-0.25, -0.2) is 0 Å². The van der Waals surface area contributed by atoms with Crippen molar-refractivity contribution in [2.45, 2.75) is 60.3 Å². The van der Waals surface area contributed by atoms with Crippen molar-refractivity contribution in [1.82, 2.24) is 14.7 Å². The van der Waals surface area contributed by atoms with Gasteiger partial charge in [0, 0.05) is 0 Å². The number of amides is 2. The van der Waals surface area contributed by atoms with Gasteiger partial charge in [-0.3, -0.25) is 0 Å². The van der Waals surface area contributed by atoms with Crippen LogP contribution in [0.2, 0.25) is 3.48 Å². The van der Waals surface area contributed by atoms with E-state index < -0.39 is 6.04 Å². The average molecular weight is 650 g/mol. The summed E-state index contributed by atoms with van der Waals surface area (Å²) in [5.74, 6) is -0.284. The summed E-state index contributed by atoms with van der Waals surface area (Å²) in [5, 5.41) is 0. The molecule has 1 aromatic rings. The Hall–Kier alpha value is -1.69. The van der Waals surface area contributed by atoms with Crippen LogP contribution in [0.4, 0.5) is 4.79 Å². The number of hydrogen-bond acceptors (Lipinski definition) is 6. The number of piperidine rings is 1. The molecule has 3 fully saturated rings. The number of methoxy groups -OCH3 is 1. The molecule has 0 saturated carbocycles. The Labute approximate surface area is 211 Å². The topological polar surface area (TPSA) is 79.4 Å². The van der Waals surface area contributed by atoms with Gasteiger partial charge >= 0.3 is 194 Å². The number of hydrogen-bond donors (Lipinski definition) is 0. The van der Waals surface area contributed by atoms with Crippen LogP contribution < -0.4 is 0 Å². The standard InChI is InChI=1S/C24H32N3O5.Pb/c1-3-21(28)26-16-19(9-10-20(26)22(29)31-2)25-13-11-24(17-25)12-14-32-23(30)27(24)15-18-7-5-4-6-8-18;/h3-8,19-20H,9-17H2,1-2H3;. The molecule has 4 rings (SSSR count). The molecule has 3 aliphatic rings. The molecule has 3 radical (unpaired) electrons. The molecule has 2 amide bonds. The van der Waals surface area contributed by atoms with Crippen molar-refractivity contribution < 1.29 is 23.9 Å². The summed E-state index contributed by atoms with van der Waals surface area (Å²) in [6.07, 6.45) is 2.88. The number of carbonyl (C=O) groups is 3. The first-order valence-corrected chi connectivity index (χ1v) is 13.9.